The van der Waals surface area contributed by atoms with E-state index in [1.54, 1.807) is 6.07 Å². The van der Waals surface area contributed by atoms with Crippen LogP contribution in [0, 0.1) is 13.8 Å². The van der Waals surface area contributed by atoms with Crippen molar-refractivity contribution in [1.29, 1.82) is 0 Å². The largest absolute Gasteiger partial charge is 0.508 e. The molecule has 6 nitrogen and oxygen atoms in total. The number of ether oxygens (including phenoxy) is 1. The molecule has 2 aromatic rings. The van der Waals surface area contributed by atoms with Crippen molar-refractivity contribution in [2.24, 2.45) is 0 Å². The molecule has 0 atom stereocenters. The Labute approximate surface area is 133 Å². The van der Waals surface area contributed by atoms with E-state index in [2.05, 4.69) is 0 Å². The van der Waals surface area contributed by atoms with E-state index in [0.29, 0.717) is 5.56 Å². The van der Waals surface area contributed by atoms with Crippen molar-refractivity contribution in [2.75, 3.05) is 6.61 Å². The zero-order valence-corrected chi connectivity index (χ0v) is 13.3. The number of hydrogen-bond acceptors (Lipinski definition) is 5. The Kier molecular flexibility index (Phi) is 4.74. The molecule has 122 valence electrons. The summed E-state index contributed by atoms with van der Waals surface area (Å²) in [7, 11) is 0. The highest BCUT2D eigenvalue weighted by Gasteiger charge is 2.19. The number of benzene rings is 1. The van der Waals surface area contributed by atoms with Gasteiger partial charge in [-0.3, -0.25) is 4.79 Å². The Bertz CT molecular complexity index is 761. The van der Waals surface area contributed by atoms with Gasteiger partial charge in [0.15, 0.2) is 6.61 Å². The molecular formula is C17H19NO5. The van der Waals surface area contributed by atoms with Gasteiger partial charge in [0, 0.05) is 29.6 Å². The van der Waals surface area contributed by atoms with Crippen molar-refractivity contribution >= 4 is 11.8 Å². The van der Waals surface area contributed by atoms with Crippen LogP contribution in [-0.2, 0) is 11.3 Å². The minimum Gasteiger partial charge on any atom is -0.508 e. The van der Waals surface area contributed by atoms with Crippen molar-refractivity contribution in [1.82, 2.24) is 4.57 Å². The van der Waals surface area contributed by atoms with Crippen LogP contribution < -0.4 is 0 Å². The molecule has 0 bridgehead atoms. The van der Waals surface area contributed by atoms with E-state index in [-0.39, 0.29) is 17.1 Å². The maximum atomic E-state index is 12.2. The van der Waals surface area contributed by atoms with Crippen molar-refractivity contribution in [3.63, 3.8) is 0 Å². The lowest BCUT2D eigenvalue weighted by Crippen LogP contribution is -2.15. The third-order valence-corrected chi connectivity index (χ3v) is 3.73. The number of ketones is 1. The molecule has 1 heterocycles. The highest BCUT2D eigenvalue weighted by atomic mass is 16.5. The predicted octanol–water partition coefficient (Wildman–Crippen LogP) is 2.58. The first-order chi connectivity index (χ1) is 10.8. The summed E-state index contributed by atoms with van der Waals surface area (Å²) in [5.41, 5.74) is 2.22. The van der Waals surface area contributed by atoms with Crippen LogP contribution >= 0.6 is 0 Å². The van der Waals surface area contributed by atoms with E-state index >= 15 is 0 Å². The number of Topliss-reactive ketones (excluding diaryl/α,β-unsaturated/α-hetero) is 1. The second kappa shape index (κ2) is 6.56. The molecule has 0 radical (unpaired) electrons. The molecule has 6 heteroatoms. The molecule has 2 rings (SSSR count). The SMILES string of the molecule is CCn1c(C)cc(C(=O)COC(=O)c2ccc(O)cc2O)c1C. The monoisotopic (exact) mass is 317 g/mol. The number of carbonyl (C=O) groups is 2. The lowest BCUT2D eigenvalue weighted by molar-refractivity contribution is 0.0471. The van der Waals surface area contributed by atoms with E-state index in [4.69, 9.17) is 4.74 Å². The number of rotatable bonds is 5. The maximum Gasteiger partial charge on any atom is 0.342 e. The Hall–Kier alpha value is -2.76. The fraction of sp³-hybridized carbons (Fsp3) is 0.294. The average Bonchev–Trinajstić information content (AvgIpc) is 2.78. The summed E-state index contributed by atoms with van der Waals surface area (Å²) in [6.45, 7) is 6.09. The van der Waals surface area contributed by atoms with Gasteiger partial charge in [-0.25, -0.2) is 4.79 Å². The van der Waals surface area contributed by atoms with Crippen LogP contribution in [0.1, 0.15) is 39.0 Å². The smallest absolute Gasteiger partial charge is 0.342 e. The van der Waals surface area contributed by atoms with Gasteiger partial charge in [-0.1, -0.05) is 0 Å². The molecule has 1 aromatic heterocycles. The highest BCUT2D eigenvalue weighted by Crippen LogP contribution is 2.23. The third-order valence-electron chi connectivity index (χ3n) is 3.73. The van der Waals surface area contributed by atoms with Crippen LogP contribution in [0.5, 0.6) is 11.5 Å². The second-order valence-corrected chi connectivity index (χ2v) is 5.23. The van der Waals surface area contributed by atoms with Crippen molar-refractivity contribution < 1.29 is 24.5 Å². The topological polar surface area (TPSA) is 88.8 Å². The molecule has 2 N–H and O–H groups in total. The van der Waals surface area contributed by atoms with Gasteiger partial charge in [0.1, 0.15) is 17.1 Å². The zero-order chi connectivity index (χ0) is 17.1. The minimum atomic E-state index is -0.819. The van der Waals surface area contributed by atoms with Gasteiger partial charge >= 0.3 is 5.97 Å². The normalized spacial score (nSPS) is 10.6. The van der Waals surface area contributed by atoms with Crippen molar-refractivity contribution in [3.8, 4) is 11.5 Å². The predicted molar refractivity (Wildman–Crippen MR) is 84.0 cm³/mol. The van der Waals surface area contributed by atoms with E-state index in [0.717, 1.165) is 24.0 Å². The van der Waals surface area contributed by atoms with E-state index < -0.39 is 18.3 Å². The fourth-order valence-corrected chi connectivity index (χ4v) is 2.55. The molecule has 0 fully saturated rings. The van der Waals surface area contributed by atoms with Crippen LogP contribution in [0.25, 0.3) is 0 Å². The summed E-state index contributed by atoms with van der Waals surface area (Å²) in [4.78, 5) is 24.1. The Balaban J connectivity index is 2.08. The minimum absolute atomic E-state index is 0.102. The first-order valence-electron chi connectivity index (χ1n) is 7.24. The third kappa shape index (κ3) is 3.36. The van der Waals surface area contributed by atoms with E-state index in [1.165, 1.54) is 12.1 Å². The van der Waals surface area contributed by atoms with Crippen LogP contribution in [0.3, 0.4) is 0 Å². The van der Waals surface area contributed by atoms with Gasteiger partial charge in [-0.15, -0.1) is 0 Å². The summed E-state index contributed by atoms with van der Waals surface area (Å²) < 4.78 is 6.96. The average molecular weight is 317 g/mol. The summed E-state index contributed by atoms with van der Waals surface area (Å²) in [5, 5.41) is 18.8. The van der Waals surface area contributed by atoms with Crippen molar-refractivity contribution in [3.05, 3.63) is 46.8 Å². The summed E-state index contributed by atoms with van der Waals surface area (Å²) in [6.07, 6.45) is 0. The summed E-state index contributed by atoms with van der Waals surface area (Å²) in [6, 6.07) is 5.30. The molecule has 0 aliphatic carbocycles. The molecule has 0 spiro atoms. The fourth-order valence-electron chi connectivity index (χ4n) is 2.55. The number of carbonyl (C=O) groups excluding carboxylic acids is 2. The number of nitrogens with zero attached hydrogens (tertiary/aromatic N) is 1. The van der Waals surface area contributed by atoms with Gasteiger partial charge in [0.2, 0.25) is 5.78 Å². The Morgan fingerprint density at radius 3 is 2.39 bits per heavy atom. The van der Waals surface area contributed by atoms with Crippen LogP contribution in [0.4, 0.5) is 0 Å². The van der Waals surface area contributed by atoms with E-state index in [1.807, 2.05) is 25.3 Å². The van der Waals surface area contributed by atoms with Gasteiger partial charge in [-0.05, 0) is 39.0 Å². The van der Waals surface area contributed by atoms with Crippen LogP contribution in [-0.4, -0.2) is 33.1 Å². The van der Waals surface area contributed by atoms with Gasteiger partial charge in [0.25, 0.3) is 0 Å². The quantitative estimate of drug-likeness (QED) is 0.653. The number of phenolic OH excluding ortho intramolecular Hbond substituents is 2. The molecule has 0 aliphatic heterocycles. The second-order valence-electron chi connectivity index (χ2n) is 5.23. The zero-order valence-electron chi connectivity index (χ0n) is 13.3. The number of aromatic nitrogens is 1. The van der Waals surface area contributed by atoms with Gasteiger partial charge in [0.05, 0.1) is 0 Å². The number of aromatic hydroxyl groups is 2. The number of esters is 1. The van der Waals surface area contributed by atoms with Crippen LogP contribution in [0.2, 0.25) is 0 Å². The molecule has 0 unspecified atom stereocenters. The first-order valence-corrected chi connectivity index (χ1v) is 7.24. The first kappa shape index (κ1) is 16.6. The molecule has 0 saturated carbocycles. The molecule has 1 aromatic carbocycles. The lowest BCUT2D eigenvalue weighted by atomic mass is 10.1. The maximum absolute atomic E-state index is 12.2. The van der Waals surface area contributed by atoms with E-state index in [9.17, 15) is 19.8 Å². The Morgan fingerprint density at radius 2 is 1.83 bits per heavy atom. The van der Waals surface area contributed by atoms with Gasteiger partial charge < -0.3 is 19.5 Å². The number of hydrogen-bond donors (Lipinski definition) is 2. The molecule has 23 heavy (non-hydrogen) atoms. The van der Waals surface area contributed by atoms with Crippen molar-refractivity contribution in [2.45, 2.75) is 27.3 Å². The molecule has 0 amide bonds. The summed E-state index contributed by atoms with van der Waals surface area (Å²) >= 11 is 0. The Morgan fingerprint density at radius 1 is 1.13 bits per heavy atom. The van der Waals surface area contributed by atoms with Crippen LogP contribution in [0.15, 0.2) is 24.3 Å². The molecule has 0 aliphatic rings. The van der Waals surface area contributed by atoms with Gasteiger partial charge in [-0.2, -0.15) is 0 Å². The highest BCUT2D eigenvalue weighted by molar-refractivity contribution is 6.01. The molecular weight excluding hydrogens is 298 g/mol. The number of phenols is 2. The lowest BCUT2D eigenvalue weighted by Gasteiger charge is -2.07. The molecule has 0 saturated heterocycles. The number of aryl methyl sites for hydroxylation is 1. The standard InChI is InChI=1S/C17H19NO5/c1-4-18-10(2)7-14(11(18)3)16(21)9-23-17(22)13-6-5-12(19)8-15(13)20/h5-8,19-20H,4,9H2,1-3H3. The summed E-state index contributed by atoms with van der Waals surface area (Å²) in [5.74, 6) is -1.68.